The molecule has 0 radical (unpaired) electrons. The summed E-state index contributed by atoms with van der Waals surface area (Å²) >= 11 is 0. The summed E-state index contributed by atoms with van der Waals surface area (Å²) in [5.74, 6) is -0.309. The third-order valence-electron chi connectivity index (χ3n) is 6.17. The van der Waals surface area contributed by atoms with Crippen LogP contribution in [0.25, 0.3) is 0 Å². The molecular formula is C27H30N2O4S. The fraction of sp³-hybridized carbons (Fsp3) is 0.296. The average molecular weight is 479 g/mol. The van der Waals surface area contributed by atoms with Crippen LogP contribution in [0.2, 0.25) is 0 Å². The van der Waals surface area contributed by atoms with Crippen LogP contribution in [0.3, 0.4) is 0 Å². The van der Waals surface area contributed by atoms with E-state index in [1.165, 1.54) is 10.4 Å². The summed E-state index contributed by atoms with van der Waals surface area (Å²) in [6, 6.07) is 25.0. The van der Waals surface area contributed by atoms with E-state index in [-0.39, 0.29) is 16.7 Å². The van der Waals surface area contributed by atoms with Crippen molar-refractivity contribution in [1.29, 1.82) is 0 Å². The van der Waals surface area contributed by atoms with Gasteiger partial charge in [0.2, 0.25) is 10.0 Å². The van der Waals surface area contributed by atoms with Gasteiger partial charge in [-0.05, 0) is 35.2 Å². The second-order valence-electron chi connectivity index (χ2n) is 8.28. The molecule has 178 valence electrons. The summed E-state index contributed by atoms with van der Waals surface area (Å²) in [6.07, 6.45) is 0.560. The second kappa shape index (κ2) is 11.0. The molecule has 4 rings (SSSR count). The maximum absolute atomic E-state index is 13.3. The van der Waals surface area contributed by atoms with Gasteiger partial charge in [-0.3, -0.25) is 4.79 Å². The van der Waals surface area contributed by atoms with Crippen LogP contribution in [0.1, 0.15) is 39.9 Å². The van der Waals surface area contributed by atoms with Gasteiger partial charge < -0.3 is 10.1 Å². The Kier molecular flexibility index (Phi) is 7.77. The lowest BCUT2D eigenvalue weighted by Crippen LogP contribution is -2.41. The predicted molar refractivity (Wildman–Crippen MR) is 132 cm³/mol. The first-order valence-electron chi connectivity index (χ1n) is 11.6. The van der Waals surface area contributed by atoms with Crippen LogP contribution in [-0.2, 0) is 21.2 Å². The number of carbonyl (C=O) groups excluding carboxylic acids is 1. The van der Waals surface area contributed by atoms with E-state index in [4.69, 9.17) is 4.74 Å². The number of nitrogens with zero attached hydrogens (tertiary/aromatic N) is 1. The number of carbonyl (C=O) groups is 1. The molecule has 0 aromatic heterocycles. The van der Waals surface area contributed by atoms with Gasteiger partial charge in [-0.1, -0.05) is 73.7 Å². The van der Waals surface area contributed by atoms with Gasteiger partial charge in [-0.25, -0.2) is 8.42 Å². The number of hydrogen-bond donors (Lipinski definition) is 1. The zero-order chi connectivity index (χ0) is 24.0. The Morgan fingerprint density at radius 3 is 2.09 bits per heavy atom. The molecule has 1 aliphatic heterocycles. The number of aryl methyl sites for hydroxylation is 1. The van der Waals surface area contributed by atoms with Crippen molar-refractivity contribution in [3.05, 3.63) is 101 Å². The topological polar surface area (TPSA) is 75.7 Å². The molecule has 1 amide bonds. The maximum atomic E-state index is 13.3. The molecule has 0 atom stereocenters. The summed E-state index contributed by atoms with van der Waals surface area (Å²) in [7, 11) is -3.70. The summed E-state index contributed by atoms with van der Waals surface area (Å²) in [6.45, 7) is 3.70. The highest BCUT2D eigenvalue weighted by Gasteiger charge is 2.29. The molecule has 0 aliphatic carbocycles. The van der Waals surface area contributed by atoms with Gasteiger partial charge in [0.05, 0.1) is 18.1 Å². The van der Waals surface area contributed by atoms with Gasteiger partial charge in [0.25, 0.3) is 5.91 Å². The summed E-state index contributed by atoms with van der Waals surface area (Å²) < 4.78 is 33.4. The van der Waals surface area contributed by atoms with E-state index in [9.17, 15) is 13.2 Å². The van der Waals surface area contributed by atoms with E-state index in [2.05, 4.69) is 5.32 Å². The van der Waals surface area contributed by atoms with Crippen molar-refractivity contribution in [3.63, 3.8) is 0 Å². The quantitative estimate of drug-likeness (QED) is 0.534. The fourth-order valence-corrected chi connectivity index (χ4v) is 5.98. The highest BCUT2D eigenvalue weighted by Crippen LogP contribution is 2.25. The van der Waals surface area contributed by atoms with E-state index in [0.717, 1.165) is 11.1 Å². The van der Waals surface area contributed by atoms with Crippen molar-refractivity contribution < 1.29 is 17.9 Å². The van der Waals surface area contributed by atoms with Gasteiger partial charge in [0.15, 0.2) is 0 Å². The standard InChI is InChI=1S/C27H30N2O4S/c1-2-21-13-14-24(19-26(21)34(31,32)29-15-17-33-18-16-29)27(30)28-20-25(22-9-5-3-6-10-22)23-11-7-4-8-12-23/h3-14,19,25H,2,15-18,20H2,1H3,(H,28,30). The molecule has 6 nitrogen and oxygen atoms in total. The minimum Gasteiger partial charge on any atom is -0.379 e. The Labute approximate surface area is 201 Å². The van der Waals surface area contributed by atoms with Crippen LogP contribution < -0.4 is 5.32 Å². The Morgan fingerprint density at radius 2 is 1.53 bits per heavy atom. The summed E-state index contributed by atoms with van der Waals surface area (Å²) in [5, 5.41) is 3.02. The van der Waals surface area contributed by atoms with Crippen molar-refractivity contribution >= 4 is 15.9 Å². The number of sulfonamides is 1. The number of ether oxygens (including phenoxy) is 1. The molecule has 1 fully saturated rings. The van der Waals surface area contributed by atoms with E-state index >= 15 is 0 Å². The highest BCUT2D eigenvalue weighted by atomic mass is 32.2. The molecule has 1 heterocycles. The molecule has 1 saturated heterocycles. The van der Waals surface area contributed by atoms with Crippen LogP contribution in [0.5, 0.6) is 0 Å². The third kappa shape index (κ3) is 5.38. The number of benzene rings is 3. The van der Waals surface area contributed by atoms with Crippen LogP contribution >= 0.6 is 0 Å². The monoisotopic (exact) mass is 478 g/mol. The maximum Gasteiger partial charge on any atom is 0.251 e. The number of morpholine rings is 1. The zero-order valence-corrected chi connectivity index (χ0v) is 20.1. The first kappa shape index (κ1) is 24.1. The smallest absolute Gasteiger partial charge is 0.251 e. The zero-order valence-electron chi connectivity index (χ0n) is 19.3. The van der Waals surface area contributed by atoms with E-state index in [1.54, 1.807) is 12.1 Å². The molecule has 3 aromatic carbocycles. The van der Waals surface area contributed by atoms with Crippen LogP contribution in [0, 0.1) is 0 Å². The Balaban J connectivity index is 1.57. The van der Waals surface area contributed by atoms with Gasteiger partial charge in [-0.15, -0.1) is 0 Å². The van der Waals surface area contributed by atoms with E-state index < -0.39 is 10.0 Å². The molecule has 34 heavy (non-hydrogen) atoms. The lowest BCUT2D eigenvalue weighted by molar-refractivity contribution is 0.0730. The molecular weight excluding hydrogens is 448 g/mol. The molecule has 1 aliphatic rings. The largest absolute Gasteiger partial charge is 0.379 e. The highest BCUT2D eigenvalue weighted by molar-refractivity contribution is 7.89. The van der Waals surface area contributed by atoms with Crippen molar-refractivity contribution in [2.45, 2.75) is 24.2 Å². The molecule has 1 N–H and O–H groups in total. The number of nitrogens with one attached hydrogen (secondary N) is 1. The second-order valence-corrected chi connectivity index (χ2v) is 10.2. The predicted octanol–water partition coefficient (Wildman–Crippen LogP) is 3.83. The minimum absolute atomic E-state index is 0.0159. The van der Waals surface area contributed by atoms with E-state index in [1.807, 2.05) is 67.6 Å². The fourth-order valence-electron chi connectivity index (χ4n) is 4.25. The third-order valence-corrected chi connectivity index (χ3v) is 8.15. The molecule has 0 spiro atoms. The normalized spacial score (nSPS) is 14.8. The summed E-state index contributed by atoms with van der Waals surface area (Å²) in [5.41, 5.74) is 3.25. The van der Waals surface area contributed by atoms with E-state index in [0.29, 0.717) is 50.4 Å². The lowest BCUT2D eigenvalue weighted by Gasteiger charge is -2.27. The Bertz CT molecular complexity index is 1170. The van der Waals surface area contributed by atoms with Gasteiger partial charge in [-0.2, -0.15) is 4.31 Å². The van der Waals surface area contributed by atoms with Crippen molar-refractivity contribution in [2.24, 2.45) is 0 Å². The molecule has 7 heteroatoms. The van der Waals surface area contributed by atoms with Gasteiger partial charge >= 0.3 is 0 Å². The van der Waals surface area contributed by atoms with Crippen LogP contribution in [-0.4, -0.2) is 51.5 Å². The van der Waals surface area contributed by atoms with Gasteiger partial charge in [0, 0.05) is 31.1 Å². The van der Waals surface area contributed by atoms with Crippen LogP contribution in [0.4, 0.5) is 0 Å². The first-order chi connectivity index (χ1) is 16.5. The number of hydrogen-bond acceptors (Lipinski definition) is 4. The van der Waals surface area contributed by atoms with Crippen molar-refractivity contribution in [1.82, 2.24) is 9.62 Å². The van der Waals surface area contributed by atoms with Crippen LogP contribution in [0.15, 0.2) is 83.8 Å². The van der Waals surface area contributed by atoms with Crippen molar-refractivity contribution in [3.8, 4) is 0 Å². The minimum atomic E-state index is -3.70. The average Bonchev–Trinajstić information content (AvgIpc) is 2.90. The first-order valence-corrected chi connectivity index (χ1v) is 13.0. The molecule has 0 unspecified atom stereocenters. The summed E-state index contributed by atoms with van der Waals surface area (Å²) in [4.78, 5) is 13.3. The Morgan fingerprint density at radius 1 is 0.941 bits per heavy atom. The SMILES string of the molecule is CCc1ccc(C(=O)NCC(c2ccccc2)c2ccccc2)cc1S(=O)(=O)N1CCOCC1. The Hall–Kier alpha value is -3.00. The van der Waals surface area contributed by atoms with Gasteiger partial charge in [0.1, 0.15) is 0 Å². The van der Waals surface area contributed by atoms with Crippen molar-refractivity contribution in [2.75, 3.05) is 32.8 Å². The molecule has 3 aromatic rings. The number of amides is 1. The molecule has 0 bridgehead atoms. The number of rotatable bonds is 8. The lowest BCUT2D eigenvalue weighted by atomic mass is 9.91. The molecule has 0 saturated carbocycles.